The van der Waals surface area contributed by atoms with Gasteiger partial charge >= 0.3 is 39.5 Å². The zero-order chi connectivity index (χ0) is 62.4. The molecular weight excluding hydrogens is 1110 g/mol. The number of hydrogen-bond donors (Lipinski definition) is 3. The van der Waals surface area contributed by atoms with Crippen molar-refractivity contribution < 1.29 is 80.2 Å². The molecule has 5 atom stereocenters. The Kier molecular flexibility index (Phi) is 55.0. The molecule has 3 N–H and O–H groups in total. The van der Waals surface area contributed by atoms with E-state index < -0.39 is 97.5 Å². The summed E-state index contributed by atoms with van der Waals surface area (Å²) < 4.78 is 67.9. The highest BCUT2D eigenvalue weighted by Gasteiger charge is 2.30. The number of rotatable bonds is 63. The third kappa shape index (κ3) is 59.0. The van der Waals surface area contributed by atoms with Gasteiger partial charge in [-0.1, -0.05) is 267 Å². The number of carbonyl (C=O) groups excluding carboxylic acids is 4. The fourth-order valence-electron chi connectivity index (χ4n) is 9.66. The van der Waals surface area contributed by atoms with Crippen LogP contribution in [0.25, 0.3) is 0 Å². The number of phosphoric ester groups is 2. The Morgan fingerprint density at radius 3 is 0.810 bits per heavy atom. The van der Waals surface area contributed by atoms with E-state index in [4.69, 9.17) is 37.0 Å². The van der Waals surface area contributed by atoms with Gasteiger partial charge in [0, 0.05) is 25.7 Å². The summed E-state index contributed by atoms with van der Waals surface area (Å²) in [6.45, 7) is 11.7. The van der Waals surface area contributed by atoms with Crippen molar-refractivity contribution in [3.8, 4) is 0 Å². The molecule has 0 amide bonds. The lowest BCUT2D eigenvalue weighted by molar-refractivity contribution is -0.161. The largest absolute Gasteiger partial charge is 0.472 e. The predicted octanol–water partition coefficient (Wildman–Crippen LogP) is 17.9. The van der Waals surface area contributed by atoms with E-state index in [-0.39, 0.29) is 25.7 Å². The fourth-order valence-corrected chi connectivity index (χ4v) is 11.2. The highest BCUT2D eigenvalue weighted by Crippen LogP contribution is 2.45. The quantitative estimate of drug-likeness (QED) is 0.0222. The molecule has 0 aliphatic rings. The summed E-state index contributed by atoms with van der Waals surface area (Å²) in [7, 11) is -9.88. The van der Waals surface area contributed by atoms with Crippen molar-refractivity contribution >= 4 is 39.5 Å². The fraction of sp³-hybridized carbons (Fsp3) is 0.938. The van der Waals surface area contributed by atoms with Gasteiger partial charge in [0.05, 0.1) is 26.4 Å². The zero-order valence-electron chi connectivity index (χ0n) is 54.4. The molecule has 0 aromatic carbocycles. The van der Waals surface area contributed by atoms with Gasteiger partial charge in [-0.25, -0.2) is 9.13 Å². The minimum atomic E-state index is -4.95. The molecule has 0 aliphatic carbocycles. The Balaban J connectivity index is 5.18. The minimum absolute atomic E-state index is 0.104. The summed E-state index contributed by atoms with van der Waals surface area (Å²) >= 11 is 0. The summed E-state index contributed by atoms with van der Waals surface area (Å²) in [4.78, 5) is 72.0. The Hall–Kier alpha value is -1.94. The summed E-state index contributed by atoms with van der Waals surface area (Å²) in [5.41, 5.74) is 0. The van der Waals surface area contributed by atoms with Crippen molar-refractivity contribution in [2.24, 2.45) is 17.8 Å². The maximum absolute atomic E-state index is 13.0. The second kappa shape index (κ2) is 56.3. The van der Waals surface area contributed by atoms with Crippen molar-refractivity contribution in [1.29, 1.82) is 0 Å². The number of aliphatic hydroxyl groups excluding tert-OH is 1. The number of carbonyl (C=O) groups is 4. The van der Waals surface area contributed by atoms with E-state index in [0.29, 0.717) is 25.7 Å². The molecule has 0 heterocycles. The first-order valence-corrected chi connectivity index (χ1v) is 36.8. The number of hydrogen-bond acceptors (Lipinski definition) is 15. The van der Waals surface area contributed by atoms with E-state index >= 15 is 0 Å². The van der Waals surface area contributed by atoms with Gasteiger partial charge < -0.3 is 33.8 Å². The molecule has 0 bridgehead atoms. The SMILES string of the molecule is CCCCCCCC(=O)OC[C@H](COP(=O)(O)OC[C@H](O)COP(=O)(O)OC[C@@H](COC(=O)CCCCCCCCCCCC(C)C)OC(=O)CCCCCCCCCCCCCCC(C)C)OC(=O)CCCCCCCCCCCC(C)C. The standard InChI is InChI=1S/C65H126O17P2/c1-8-9-10-29-39-46-62(67)75-52-60(81-65(70)49-42-35-28-22-16-19-25-32-38-45-58(6)7)54-79-83(71,72)77-50-59(66)51-78-84(73,74)80-55-61(53-76-63(68)47-40-33-26-21-15-18-24-31-37-44-57(4)5)82-64(69)48-41-34-27-20-14-12-11-13-17-23-30-36-43-56(2)3/h56-61,66H,8-55H2,1-7H3,(H,71,72)(H,73,74)/t59-,60+,61+/m0/s1. The van der Waals surface area contributed by atoms with Crippen LogP contribution in [0.4, 0.5) is 0 Å². The number of phosphoric acid groups is 2. The van der Waals surface area contributed by atoms with E-state index in [0.717, 1.165) is 114 Å². The number of aliphatic hydroxyl groups is 1. The number of ether oxygens (including phenoxy) is 4. The van der Waals surface area contributed by atoms with E-state index in [1.165, 1.54) is 122 Å². The Bertz CT molecular complexity index is 1660. The molecule has 0 radical (unpaired) electrons. The number of unbranched alkanes of at least 4 members (excludes halogenated alkanes) is 31. The highest BCUT2D eigenvalue weighted by molar-refractivity contribution is 7.47. The third-order valence-corrected chi connectivity index (χ3v) is 16.8. The van der Waals surface area contributed by atoms with Gasteiger partial charge in [-0.15, -0.1) is 0 Å². The van der Waals surface area contributed by atoms with Crippen LogP contribution in [0, 0.1) is 17.8 Å². The summed E-state index contributed by atoms with van der Waals surface area (Å²) in [6.07, 6.45) is 37.9. The lowest BCUT2D eigenvalue weighted by atomic mass is 10.0. The first kappa shape index (κ1) is 82.1. The molecule has 498 valence electrons. The zero-order valence-corrected chi connectivity index (χ0v) is 56.1. The summed E-state index contributed by atoms with van der Waals surface area (Å²) in [5.74, 6) is 0.113. The van der Waals surface area contributed by atoms with Gasteiger partial charge in [0.1, 0.15) is 19.3 Å². The van der Waals surface area contributed by atoms with Gasteiger partial charge in [0.2, 0.25) is 0 Å². The van der Waals surface area contributed by atoms with Gasteiger partial charge in [-0.05, 0) is 43.4 Å². The van der Waals surface area contributed by atoms with E-state index in [1.54, 1.807) is 0 Å². The molecule has 0 fully saturated rings. The van der Waals surface area contributed by atoms with Gasteiger partial charge in [0.15, 0.2) is 12.2 Å². The van der Waals surface area contributed by atoms with Crippen molar-refractivity contribution in [1.82, 2.24) is 0 Å². The molecular formula is C65H126O17P2. The lowest BCUT2D eigenvalue weighted by Crippen LogP contribution is -2.30. The maximum Gasteiger partial charge on any atom is 0.472 e. The molecule has 0 saturated heterocycles. The topological polar surface area (TPSA) is 237 Å². The van der Waals surface area contributed by atoms with Crippen molar-refractivity contribution in [2.45, 2.75) is 336 Å². The van der Waals surface area contributed by atoms with Crippen LogP contribution in [0.15, 0.2) is 0 Å². The monoisotopic (exact) mass is 1240 g/mol. The van der Waals surface area contributed by atoms with Crippen LogP contribution in [-0.2, 0) is 65.4 Å². The molecule has 19 heteroatoms. The maximum atomic E-state index is 13.0. The Morgan fingerprint density at radius 1 is 0.321 bits per heavy atom. The molecule has 0 saturated carbocycles. The van der Waals surface area contributed by atoms with Crippen molar-refractivity contribution in [3.63, 3.8) is 0 Å². The van der Waals surface area contributed by atoms with Crippen molar-refractivity contribution in [2.75, 3.05) is 39.6 Å². The van der Waals surface area contributed by atoms with Gasteiger partial charge in [0.25, 0.3) is 0 Å². The molecule has 0 spiro atoms. The lowest BCUT2D eigenvalue weighted by Gasteiger charge is -2.21. The van der Waals surface area contributed by atoms with Crippen LogP contribution >= 0.6 is 15.6 Å². The highest BCUT2D eigenvalue weighted by atomic mass is 31.2. The average molecular weight is 1240 g/mol. The number of esters is 4. The first-order chi connectivity index (χ1) is 40.2. The average Bonchev–Trinajstić information content (AvgIpc) is 3.57. The summed E-state index contributed by atoms with van der Waals surface area (Å²) in [5, 5.41) is 10.5. The molecule has 84 heavy (non-hydrogen) atoms. The van der Waals surface area contributed by atoms with Crippen LogP contribution in [0.3, 0.4) is 0 Å². The first-order valence-electron chi connectivity index (χ1n) is 33.8. The third-order valence-electron chi connectivity index (χ3n) is 14.9. The van der Waals surface area contributed by atoms with Crippen LogP contribution in [0.1, 0.15) is 318 Å². The second-order valence-corrected chi connectivity index (χ2v) is 27.8. The molecule has 0 rings (SSSR count). The van der Waals surface area contributed by atoms with E-state index in [2.05, 4.69) is 48.5 Å². The minimum Gasteiger partial charge on any atom is -0.462 e. The predicted molar refractivity (Wildman–Crippen MR) is 335 cm³/mol. The molecule has 0 aromatic heterocycles. The molecule has 17 nitrogen and oxygen atoms in total. The van der Waals surface area contributed by atoms with E-state index in [1.807, 2.05) is 0 Å². The molecule has 0 aliphatic heterocycles. The molecule has 0 aromatic rings. The normalized spacial score (nSPS) is 14.3. The van der Waals surface area contributed by atoms with Crippen LogP contribution in [0.2, 0.25) is 0 Å². The van der Waals surface area contributed by atoms with Crippen LogP contribution < -0.4 is 0 Å². The molecule has 2 unspecified atom stereocenters. The smallest absolute Gasteiger partial charge is 0.462 e. The van der Waals surface area contributed by atoms with E-state index in [9.17, 15) is 43.2 Å². The van der Waals surface area contributed by atoms with Gasteiger partial charge in [-0.2, -0.15) is 0 Å². The summed E-state index contributed by atoms with van der Waals surface area (Å²) in [6, 6.07) is 0. The van der Waals surface area contributed by atoms with Crippen LogP contribution in [0.5, 0.6) is 0 Å². The second-order valence-electron chi connectivity index (χ2n) is 24.9. The van der Waals surface area contributed by atoms with Gasteiger partial charge in [-0.3, -0.25) is 37.3 Å². The van der Waals surface area contributed by atoms with Crippen LogP contribution in [-0.4, -0.2) is 96.7 Å². The Morgan fingerprint density at radius 2 is 0.548 bits per heavy atom. The Labute approximate surface area is 511 Å². The van der Waals surface area contributed by atoms with Crippen molar-refractivity contribution in [3.05, 3.63) is 0 Å².